The average molecular weight is 376 g/mol. The van der Waals surface area contributed by atoms with Crippen LogP contribution in [0, 0.1) is 0 Å². The molecular weight excluding hydrogens is 348 g/mol. The molecule has 150 valence electrons. The van der Waals surface area contributed by atoms with Crippen molar-refractivity contribution in [3.63, 3.8) is 0 Å². The number of aliphatic hydroxyl groups is 2. The molecule has 5 atom stereocenters. The van der Waals surface area contributed by atoms with Gasteiger partial charge >= 0.3 is 5.97 Å². The van der Waals surface area contributed by atoms with E-state index in [9.17, 15) is 24.9 Å². The number of hydrogen-bond donors (Lipinski definition) is 7. The van der Waals surface area contributed by atoms with Gasteiger partial charge in [-0.1, -0.05) is 6.92 Å². The number of carbonyl (C=O) groups excluding carboxylic acids is 1. The van der Waals surface area contributed by atoms with Crippen LogP contribution in [-0.4, -0.2) is 77.1 Å². The van der Waals surface area contributed by atoms with Crippen molar-refractivity contribution < 1.29 is 34.4 Å². The lowest BCUT2D eigenvalue weighted by Gasteiger charge is -2.42. The highest BCUT2D eigenvalue weighted by atomic mass is 16.6. The van der Waals surface area contributed by atoms with Crippen molar-refractivity contribution >= 4 is 11.9 Å². The van der Waals surface area contributed by atoms with Gasteiger partial charge in [-0.15, -0.1) is 0 Å². The molecule has 0 saturated carbocycles. The van der Waals surface area contributed by atoms with Crippen molar-refractivity contribution in [3.8, 4) is 0 Å². The largest absolute Gasteiger partial charge is 0.478 e. The zero-order valence-electron chi connectivity index (χ0n) is 14.8. The number of rotatable bonds is 10. The maximum atomic E-state index is 11.6. The molecule has 1 aliphatic heterocycles. The van der Waals surface area contributed by atoms with Crippen molar-refractivity contribution in [1.29, 1.82) is 0 Å². The molecule has 1 aliphatic rings. The first-order chi connectivity index (χ1) is 12.2. The van der Waals surface area contributed by atoms with Gasteiger partial charge in [-0.3, -0.25) is 10.1 Å². The summed E-state index contributed by atoms with van der Waals surface area (Å²) >= 11 is 0. The van der Waals surface area contributed by atoms with E-state index in [4.69, 9.17) is 20.9 Å². The first-order valence-electron chi connectivity index (χ1n) is 8.27. The number of aliphatic hydroxyl groups excluding tert-OH is 2. The van der Waals surface area contributed by atoms with Crippen molar-refractivity contribution in [3.05, 3.63) is 11.8 Å². The van der Waals surface area contributed by atoms with E-state index in [2.05, 4.69) is 10.6 Å². The summed E-state index contributed by atoms with van der Waals surface area (Å²) in [6.07, 6.45) is -2.72. The Bertz CT molecular complexity index is 514. The Morgan fingerprint density at radius 1 is 1.42 bits per heavy atom. The molecule has 1 rings (SSSR count). The van der Waals surface area contributed by atoms with E-state index in [0.717, 1.165) is 0 Å². The second kappa shape index (κ2) is 10.4. The molecule has 0 aromatic carbocycles. The molecule has 9 N–H and O–H groups in total. The van der Waals surface area contributed by atoms with Crippen molar-refractivity contribution in [2.45, 2.75) is 57.0 Å². The van der Waals surface area contributed by atoms with Crippen LogP contribution in [0.5, 0.6) is 0 Å². The summed E-state index contributed by atoms with van der Waals surface area (Å²) < 4.78 is 11.1. The Morgan fingerprint density at radius 3 is 2.54 bits per heavy atom. The third kappa shape index (κ3) is 6.20. The molecule has 0 spiro atoms. The lowest BCUT2D eigenvalue weighted by Crippen LogP contribution is -2.66. The molecule has 1 heterocycles. The molecule has 26 heavy (non-hydrogen) atoms. The van der Waals surface area contributed by atoms with Crippen molar-refractivity contribution in [2.24, 2.45) is 11.5 Å². The van der Waals surface area contributed by atoms with Crippen LogP contribution in [0.1, 0.15) is 20.3 Å². The number of carboxylic acids is 1. The van der Waals surface area contributed by atoms with Crippen molar-refractivity contribution in [1.82, 2.24) is 10.6 Å². The first-order valence-corrected chi connectivity index (χ1v) is 8.27. The van der Waals surface area contributed by atoms with Crippen molar-refractivity contribution in [2.75, 3.05) is 13.2 Å². The molecule has 0 aromatic heterocycles. The van der Waals surface area contributed by atoms with Crippen LogP contribution >= 0.6 is 0 Å². The van der Waals surface area contributed by atoms with E-state index >= 15 is 0 Å². The molecule has 5 unspecified atom stereocenters. The minimum absolute atomic E-state index is 0.231. The summed E-state index contributed by atoms with van der Waals surface area (Å²) in [6.45, 7) is 2.71. The highest BCUT2D eigenvalue weighted by Crippen LogP contribution is 2.25. The van der Waals surface area contributed by atoms with E-state index in [1.165, 1.54) is 13.0 Å². The predicted octanol–water partition coefficient (Wildman–Crippen LogP) is -2.83. The number of nitrogens with two attached hydrogens (primary N) is 2. The van der Waals surface area contributed by atoms with Gasteiger partial charge in [0.2, 0.25) is 11.7 Å². The second-order valence-corrected chi connectivity index (χ2v) is 5.95. The summed E-state index contributed by atoms with van der Waals surface area (Å²) in [5, 5.41) is 34.1. The number of amides is 1. The van der Waals surface area contributed by atoms with E-state index in [0.29, 0.717) is 6.42 Å². The van der Waals surface area contributed by atoms with Gasteiger partial charge in [0.15, 0.2) is 0 Å². The zero-order chi connectivity index (χ0) is 19.9. The number of carboxylic acid groups (broad SMARTS) is 1. The van der Waals surface area contributed by atoms with Crippen LogP contribution in [-0.2, 0) is 19.1 Å². The fourth-order valence-electron chi connectivity index (χ4n) is 2.69. The van der Waals surface area contributed by atoms with Crippen LogP contribution in [0.25, 0.3) is 0 Å². The van der Waals surface area contributed by atoms with Gasteiger partial charge < -0.3 is 41.6 Å². The summed E-state index contributed by atoms with van der Waals surface area (Å²) in [6, 6.07) is -1.66. The highest BCUT2D eigenvalue weighted by Gasteiger charge is 2.44. The number of ether oxygens (including phenoxy) is 2. The monoisotopic (exact) mass is 376 g/mol. The topological polar surface area (TPSA) is 189 Å². The number of aliphatic carboxylic acids is 1. The maximum Gasteiger partial charge on any atom is 0.370 e. The number of carbonyl (C=O) groups is 2. The van der Waals surface area contributed by atoms with Gasteiger partial charge in [-0.2, -0.15) is 0 Å². The minimum Gasteiger partial charge on any atom is -0.478 e. The quantitative estimate of drug-likeness (QED) is 0.196. The normalized spacial score (nSPS) is 25.2. The van der Waals surface area contributed by atoms with Crippen LogP contribution in [0.15, 0.2) is 11.8 Å². The van der Waals surface area contributed by atoms with Gasteiger partial charge in [-0.25, -0.2) is 4.79 Å². The Labute approximate surface area is 151 Å². The summed E-state index contributed by atoms with van der Waals surface area (Å²) in [5.41, 5.74) is 11.1. The number of nitrogens with one attached hydrogen (secondary N) is 2. The van der Waals surface area contributed by atoms with E-state index < -0.39 is 60.9 Å². The fraction of sp³-hybridized carbons (Fsp3) is 0.733. The molecule has 0 fully saturated rings. The Balaban J connectivity index is 3.28. The van der Waals surface area contributed by atoms with Gasteiger partial charge in [0.1, 0.15) is 24.6 Å². The van der Waals surface area contributed by atoms with Crippen LogP contribution < -0.4 is 22.1 Å². The van der Waals surface area contributed by atoms with Gasteiger partial charge in [0, 0.05) is 13.5 Å². The second-order valence-electron chi connectivity index (χ2n) is 5.95. The maximum absolute atomic E-state index is 11.6. The number of hydrogen-bond acceptors (Lipinski definition) is 9. The van der Waals surface area contributed by atoms with E-state index in [1.54, 1.807) is 0 Å². The molecule has 0 radical (unpaired) electrons. The Hall–Kier alpha value is -1.76. The van der Waals surface area contributed by atoms with Gasteiger partial charge in [0.25, 0.3) is 0 Å². The fourth-order valence-corrected chi connectivity index (χ4v) is 2.69. The zero-order valence-corrected chi connectivity index (χ0v) is 14.8. The molecule has 11 nitrogen and oxygen atoms in total. The smallest absolute Gasteiger partial charge is 0.370 e. The minimum atomic E-state index is -1.36. The lowest BCUT2D eigenvalue weighted by atomic mass is 9.91. The summed E-state index contributed by atoms with van der Waals surface area (Å²) in [4.78, 5) is 23.0. The molecule has 0 aromatic rings. The molecule has 0 bridgehead atoms. The third-order valence-electron chi connectivity index (χ3n) is 3.70. The lowest BCUT2D eigenvalue weighted by molar-refractivity contribution is -0.154. The van der Waals surface area contributed by atoms with E-state index in [-0.39, 0.29) is 6.61 Å². The molecule has 11 heteroatoms. The summed E-state index contributed by atoms with van der Waals surface area (Å²) in [5.74, 6) is -2.17. The molecule has 1 amide bonds. The molecule has 0 saturated heterocycles. The Kier molecular flexibility index (Phi) is 8.92. The Morgan fingerprint density at radius 2 is 2.08 bits per heavy atom. The predicted molar refractivity (Wildman–Crippen MR) is 90.4 cm³/mol. The van der Waals surface area contributed by atoms with Crippen LogP contribution in [0.3, 0.4) is 0 Å². The van der Waals surface area contributed by atoms with Gasteiger partial charge in [-0.05, 0) is 12.5 Å². The first kappa shape index (κ1) is 22.3. The summed E-state index contributed by atoms with van der Waals surface area (Å²) in [7, 11) is 0. The molecular formula is C15H28N4O7. The van der Waals surface area contributed by atoms with Gasteiger partial charge in [0.05, 0.1) is 18.7 Å². The third-order valence-corrected chi connectivity index (χ3v) is 3.70. The van der Waals surface area contributed by atoms with Crippen LogP contribution in [0.2, 0.25) is 0 Å². The van der Waals surface area contributed by atoms with E-state index in [1.807, 2.05) is 6.92 Å². The van der Waals surface area contributed by atoms with Crippen LogP contribution in [0.4, 0.5) is 0 Å². The highest BCUT2D eigenvalue weighted by molar-refractivity contribution is 5.84. The standard InChI is InChI=1S/C15H28N4O7/c1-3-4-25-12(9(22)6-20)13-11(18-7(2)21)8(19-15(16)17)5-10(26-13)14(23)24/h5,8-9,11-13,15,19-20,22H,3-4,6,16-17H2,1-2H3,(H,18,21)(H,23,24). The molecule has 0 aliphatic carbocycles. The average Bonchev–Trinajstić information content (AvgIpc) is 2.55. The SMILES string of the molecule is CCCOC(C(O)CO)C1OC(C(=O)O)=CC(NC(N)N)C1NC(C)=O.